The number of para-hydroxylation sites is 2. The number of anilines is 3. The maximum absolute atomic E-state index is 13.7. The van der Waals surface area contributed by atoms with Gasteiger partial charge in [0, 0.05) is 11.3 Å². The Labute approximate surface area is 206 Å². The van der Waals surface area contributed by atoms with Crippen LogP contribution in [0.5, 0.6) is 0 Å². The quantitative estimate of drug-likeness (QED) is 0.522. The number of amides is 3. The van der Waals surface area contributed by atoms with Crippen LogP contribution in [0.15, 0.2) is 66.7 Å². The number of nitrogens with one attached hydrogen (secondary N) is 2. The number of carbonyl (C=O) groups is 3. The number of rotatable bonds is 4. The van der Waals surface area contributed by atoms with Gasteiger partial charge in [0.05, 0.1) is 17.8 Å². The van der Waals surface area contributed by atoms with E-state index in [1.807, 2.05) is 50.2 Å². The van der Waals surface area contributed by atoms with Crippen LogP contribution in [0.3, 0.4) is 0 Å². The maximum Gasteiger partial charge on any atom is 0.259 e. The zero-order valence-electron chi connectivity index (χ0n) is 20.8. The Morgan fingerprint density at radius 2 is 1.63 bits per heavy atom. The van der Waals surface area contributed by atoms with Crippen molar-refractivity contribution < 1.29 is 14.4 Å². The van der Waals surface area contributed by atoms with Crippen molar-refractivity contribution in [1.29, 1.82) is 0 Å². The number of aryl methyl sites for hydroxylation is 2. The Kier molecular flexibility index (Phi) is 6.48. The van der Waals surface area contributed by atoms with Gasteiger partial charge in [-0.05, 0) is 72.4 Å². The molecule has 0 saturated carbocycles. The second-order valence-electron chi connectivity index (χ2n) is 10.1. The van der Waals surface area contributed by atoms with Crippen LogP contribution in [0.1, 0.15) is 54.2 Å². The van der Waals surface area contributed by atoms with E-state index in [2.05, 4.69) is 31.4 Å². The molecule has 3 aromatic carbocycles. The van der Waals surface area contributed by atoms with E-state index in [1.165, 1.54) is 4.90 Å². The lowest BCUT2D eigenvalue weighted by Gasteiger charge is -2.36. The molecule has 0 bridgehead atoms. The fraction of sp³-hybridized carbons (Fsp3) is 0.276. The first-order chi connectivity index (χ1) is 16.5. The lowest BCUT2D eigenvalue weighted by molar-refractivity contribution is -0.122. The molecule has 6 nitrogen and oxygen atoms in total. The van der Waals surface area contributed by atoms with Crippen LogP contribution in [0.25, 0.3) is 0 Å². The molecule has 180 valence electrons. The third-order valence-electron chi connectivity index (χ3n) is 6.42. The monoisotopic (exact) mass is 469 g/mol. The number of nitrogens with zero attached hydrogens (tertiary/aromatic N) is 1. The van der Waals surface area contributed by atoms with Crippen molar-refractivity contribution in [3.05, 3.63) is 89.0 Å². The van der Waals surface area contributed by atoms with Crippen molar-refractivity contribution in [3.8, 4) is 0 Å². The van der Waals surface area contributed by atoms with E-state index in [4.69, 9.17) is 0 Å². The van der Waals surface area contributed by atoms with E-state index >= 15 is 0 Å². The first-order valence-electron chi connectivity index (χ1n) is 11.8. The van der Waals surface area contributed by atoms with Gasteiger partial charge in [-0.1, -0.05) is 51.1 Å². The number of hydrogen-bond donors (Lipinski definition) is 2. The molecule has 0 aromatic heterocycles. The van der Waals surface area contributed by atoms with Gasteiger partial charge in [-0.15, -0.1) is 0 Å². The Balaban J connectivity index is 1.64. The summed E-state index contributed by atoms with van der Waals surface area (Å²) in [5.74, 6) is -1.05. The average molecular weight is 470 g/mol. The van der Waals surface area contributed by atoms with Crippen molar-refractivity contribution in [2.24, 2.45) is 0 Å². The molecule has 1 aliphatic heterocycles. The third kappa shape index (κ3) is 5.11. The standard InChI is InChI=1S/C29H31N3O3/c1-18-10-15-22(16-19(18)2)30-26(33)17-25-27(34)31-23-8-6-7-9-24(23)32(25)28(35)20-11-13-21(14-12-20)29(3,4)5/h6-16,25H,17H2,1-5H3,(H,30,33)(H,31,34)/t25-/m1/s1. The van der Waals surface area contributed by atoms with Crippen LogP contribution < -0.4 is 15.5 Å². The van der Waals surface area contributed by atoms with E-state index in [9.17, 15) is 14.4 Å². The van der Waals surface area contributed by atoms with Crippen LogP contribution in [-0.4, -0.2) is 23.8 Å². The fourth-order valence-corrected chi connectivity index (χ4v) is 4.18. The number of hydrogen-bond acceptors (Lipinski definition) is 3. The number of benzene rings is 3. The highest BCUT2D eigenvalue weighted by atomic mass is 16.2. The summed E-state index contributed by atoms with van der Waals surface area (Å²) < 4.78 is 0. The largest absolute Gasteiger partial charge is 0.326 e. The Morgan fingerprint density at radius 3 is 2.29 bits per heavy atom. The summed E-state index contributed by atoms with van der Waals surface area (Å²) in [5.41, 5.74) is 5.48. The zero-order chi connectivity index (χ0) is 25.3. The second-order valence-corrected chi connectivity index (χ2v) is 10.1. The highest BCUT2D eigenvalue weighted by Crippen LogP contribution is 2.34. The summed E-state index contributed by atoms with van der Waals surface area (Å²) >= 11 is 0. The smallest absolute Gasteiger partial charge is 0.259 e. The van der Waals surface area contributed by atoms with Gasteiger partial charge in [0.2, 0.25) is 11.8 Å². The van der Waals surface area contributed by atoms with Crippen molar-refractivity contribution in [2.45, 2.75) is 52.5 Å². The number of fused-ring (bicyclic) bond motifs is 1. The highest BCUT2D eigenvalue weighted by molar-refractivity contribution is 6.17. The van der Waals surface area contributed by atoms with Gasteiger partial charge in [0.1, 0.15) is 6.04 Å². The molecule has 0 radical (unpaired) electrons. The van der Waals surface area contributed by atoms with E-state index in [0.29, 0.717) is 22.6 Å². The van der Waals surface area contributed by atoms with Crippen LogP contribution >= 0.6 is 0 Å². The van der Waals surface area contributed by atoms with Crippen molar-refractivity contribution in [1.82, 2.24) is 0 Å². The topological polar surface area (TPSA) is 78.5 Å². The predicted octanol–water partition coefficient (Wildman–Crippen LogP) is 5.60. The SMILES string of the molecule is Cc1ccc(NC(=O)C[C@@H]2C(=O)Nc3ccccc3N2C(=O)c2ccc(C(C)(C)C)cc2)cc1C. The van der Waals surface area contributed by atoms with Gasteiger partial charge in [-0.3, -0.25) is 19.3 Å². The molecule has 35 heavy (non-hydrogen) atoms. The van der Waals surface area contributed by atoms with Crippen molar-refractivity contribution >= 4 is 34.8 Å². The predicted molar refractivity (Wildman–Crippen MR) is 140 cm³/mol. The summed E-state index contributed by atoms with van der Waals surface area (Å²) in [6, 6.07) is 19.3. The molecule has 0 saturated heterocycles. The lowest BCUT2D eigenvalue weighted by Crippen LogP contribution is -2.52. The van der Waals surface area contributed by atoms with Crippen LogP contribution in [0.4, 0.5) is 17.1 Å². The van der Waals surface area contributed by atoms with Gasteiger partial charge in [-0.25, -0.2) is 0 Å². The fourth-order valence-electron chi connectivity index (χ4n) is 4.18. The minimum Gasteiger partial charge on any atom is -0.326 e. The molecule has 1 heterocycles. The normalized spacial score (nSPS) is 15.3. The Bertz CT molecular complexity index is 1290. The molecule has 1 atom stereocenters. The summed E-state index contributed by atoms with van der Waals surface area (Å²) in [5, 5.41) is 5.72. The molecule has 0 fully saturated rings. The maximum atomic E-state index is 13.7. The summed E-state index contributed by atoms with van der Waals surface area (Å²) in [6.45, 7) is 10.3. The molecule has 0 aliphatic carbocycles. The summed E-state index contributed by atoms with van der Waals surface area (Å²) in [6.07, 6.45) is -0.168. The second kappa shape index (κ2) is 9.37. The lowest BCUT2D eigenvalue weighted by atomic mass is 9.86. The third-order valence-corrected chi connectivity index (χ3v) is 6.42. The van der Waals surface area contributed by atoms with Gasteiger partial charge >= 0.3 is 0 Å². The molecule has 0 spiro atoms. The van der Waals surface area contributed by atoms with Crippen molar-refractivity contribution in [2.75, 3.05) is 15.5 Å². The van der Waals surface area contributed by atoms with E-state index in [1.54, 1.807) is 30.3 Å². The molecule has 6 heteroatoms. The van der Waals surface area contributed by atoms with Crippen LogP contribution in [-0.2, 0) is 15.0 Å². The number of carbonyl (C=O) groups excluding carboxylic acids is 3. The molecular formula is C29H31N3O3. The van der Waals surface area contributed by atoms with Crippen molar-refractivity contribution in [3.63, 3.8) is 0 Å². The molecule has 3 amide bonds. The van der Waals surface area contributed by atoms with E-state index < -0.39 is 11.9 Å². The summed E-state index contributed by atoms with van der Waals surface area (Å²) in [7, 11) is 0. The molecule has 0 unspecified atom stereocenters. The minimum absolute atomic E-state index is 0.0475. The molecule has 1 aliphatic rings. The Hall–Kier alpha value is -3.93. The average Bonchev–Trinajstić information content (AvgIpc) is 2.81. The minimum atomic E-state index is -0.980. The summed E-state index contributed by atoms with van der Waals surface area (Å²) in [4.78, 5) is 41.2. The van der Waals surface area contributed by atoms with Gasteiger partial charge in [0.25, 0.3) is 5.91 Å². The van der Waals surface area contributed by atoms with Crippen LogP contribution in [0, 0.1) is 13.8 Å². The van der Waals surface area contributed by atoms with E-state index in [0.717, 1.165) is 16.7 Å². The molecule has 4 rings (SSSR count). The van der Waals surface area contributed by atoms with Gasteiger partial charge in [0.15, 0.2) is 0 Å². The first-order valence-corrected chi connectivity index (χ1v) is 11.8. The molecular weight excluding hydrogens is 438 g/mol. The first kappa shape index (κ1) is 24.2. The van der Waals surface area contributed by atoms with Crippen LogP contribution in [0.2, 0.25) is 0 Å². The van der Waals surface area contributed by atoms with E-state index in [-0.39, 0.29) is 23.7 Å². The molecule has 3 aromatic rings. The molecule has 2 N–H and O–H groups in total. The Morgan fingerprint density at radius 1 is 0.943 bits per heavy atom. The zero-order valence-corrected chi connectivity index (χ0v) is 20.8. The highest BCUT2D eigenvalue weighted by Gasteiger charge is 2.38. The van der Waals surface area contributed by atoms with Gasteiger partial charge in [-0.2, -0.15) is 0 Å². The van der Waals surface area contributed by atoms with Gasteiger partial charge < -0.3 is 10.6 Å².